The van der Waals surface area contributed by atoms with Crippen molar-refractivity contribution in [3.8, 4) is 0 Å². The van der Waals surface area contributed by atoms with Crippen molar-refractivity contribution in [2.24, 2.45) is 11.7 Å². The molecule has 2 unspecified atom stereocenters. The van der Waals surface area contributed by atoms with Crippen LogP contribution in [0.3, 0.4) is 0 Å². The summed E-state index contributed by atoms with van der Waals surface area (Å²) in [5.74, 6) is 1.37. The zero-order chi connectivity index (χ0) is 13.7. The van der Waals surface area contributed by atoms with Crippen LogP contribution in [0.4, 0.5) is 0 Å². The van der Waals surface area contributed by atoms with E-state index in [2.05, 4.69) is 17.1 Å². The van der Waals surface area contributed by atoms with Gasteiger partial charge in [0, 0.05) is 12.6 Å². The number of carbonyl (C=O) groups excluding carboxylic acids is 1. The zero-order valence-corrected chi connectivity index (χ0v) is 11.5. The van der Waals surface area contributed by atoms with E-state index in [9.17, 15) is 4.79 Å². The van der Waals surface area contributed by atoms with Crippen molar-refractivity contribution in [2.45, 2.75) is 32.4 Å². The van der Waals surface area contributed by atoms with E-state index >= 15 is 0 Å². The van der Waals surface area contributed by atoms with Gasteiger partial charge in [0.1, 0.15) is 5.76 Å². The molecule has 1 aromatic rings. The average Bonchev–Trinajstić information content (AvgIpc) is 2.90. The number of likely N-dealkylation sites (tertiary alicyclic amines) is 1. The van der Waals surface area contributed by atoms with E-state index in [1.807, 2.05) is 12.1 Å². The van der Waals surface area contributed by atoms with E-state index in [1.54, 1.807) is 6.26 Å². The Balaban J connectivity index is 1.80. The Morgan fingerprint density at radius 3 is 3.16 bits per heavy atom. The first-order valence-corrected chi connectivity index (χ1v) is 6.94. The largest absolute Gasteiger partial charge is 0.467 e. The minimum Gasteiger partial charge on any atom is -0.467 e. The maximum absolute atomic E-state index is 11.9. The number of furan rings is 1. The molecular weight excluding hydrogens is 242 g/mol. The van der Waals surface area contributed by atoms with Gasteiger partial charge >= 0.3 is 0 Å². The molecule has 19 heavy (non-hydrogen) atoms. The van der Waals surface area contributed by atoms with Crippen LogP contribution in [0, 0.1) is 5.92 Å². The number of rotatable bonds is 5. The van der Waals surface area contributed by atoms with Crippen LogP contribution in [0.25, 0.3) is 0 Å². The van der Waals surface area contributed by atoms with Gasteiger partial charge < -0.3 is 15.5 Å². The second kappa shape index (κ2) is 6.73. The van der Waals surface area contributed by atoms with Crippen molar-refractivity contribution in [1.29, 1.82) is 0 Å². The topological polar surface area (TPSA) is 71.5 Å². The fourth-order valence-corrected chi connectivity index (χ4v) is 2.75. The van der Waals surface area contributed by atoms with Crippen molar-refractivity contribution in [2.75, 3.05) is 19.6 Å². The van der Waals surface area contributed by atoms with Crippen LogP contribution in [-0.4, -0.2) is 36.5 Å². The highest BCUT2D eigenvalue weighted by Gasteiger charge is 2.28. The number of nitrogens with two attached hydrogens (primary N) is 1. The molecule has 0 radical (unpaired) electrons. The molecule has 1 fully saturated rings. The molecule has 1 aliphatic rings. The van der Waals surface area contributed by atoms with Gasteiger partial charge in [-0.3, -0.25) is 9.69 Å². The van der Waals surface area contributed by atoms with Crippen LogP contribution >= 0.6 is 0 Å². The van der Waals surface area contributed by atoms with Gasteiger partial charge in [-0.25, -0.2) is 0 Å². The van der Waals surface area contributed by atoms with Crippen molar-refractivity contribution >= 4 is 5.91 Å². The van der Waals surface area contributed by atoms with Crippen LogP contribution in [0.5, 0.6) is 0 Å². The van der Waals surface area contributed by atoms with E-state index < -0.39 is 0 Å². The fraction of sp³-hybridized carbons (Fsp3) is 0.643. The highest BCUT2D eigenvalue weighted by Crippen LogP contribution is 2.22. The molecule has 0 aromatic carbocycles. The molecule has 0 saturated carbocycles. The third kappa shape index (κ3) is 3.81. The first-order chi connectivity index (χ1) is 9.20. The predicted octanol–water partition coefficient (Wildman–Crippen LogP) is 0.955. The van der Waals surface area contributed by atoms with E-state index in [1.165, 1.54) is 6.42 Å². The number of piperidine rings is 1. The van der Waals surface area contributed by atoms with E-state index in [4.69, 9.17) is 10.2 Å². The summed E-state index contributed by atoms with van der Waals surface area (Å²) in [6, 6.07) is 3.99. The maximum atomic E-state index is 11.9. The third-order valence-electron chi connectivity index (χ3n) is 3.86. The number of hydrogen-bond donors (Lipinski definition) is 2. The summed E-state index contributed by atoms with van der Waals surface area (Å²) in [5, 5.41) is 2.88. The summed E-state index contributed by atoms with van der Waals surface area (Å²) in [5.41, 5.74) is 5.82. The van der Waals surface area contributed by atoms with Crippen LogP contribution in [0.15, 0.2) is 22.8 Å². The number of amides is 1. The molecule has 0 spiro atoms. The molecule has 2 heterocycles. The van der Waals surface area contributed by atoms with Gasteiger partial charge in [0.25, 0.3) is 0 Å². The van der Waals surface area contributed by atoms with Gasteiger partial charge in [0.2, 0.25) is 5.91 Å². The third-order valence-corrected chi connectivity index (χ3v) is 3.86. The minimum absolute atomic E-state index is 0.0314. The molecule has 2 rings (SSSR count). The van der Waals surface area contributed by atoms with Gasteiger partial charge in [0.05, 0.1) is 19.4 Å². The molecule has 3 N–H and O–H groups in total. The lowest BCUT2D eigenvalue weighted by Gasteiger charge is -2.38. The average molecular weight is 265 g/mol. The van der Waals surface area contributed by atoms with Crippen LogP contribution in [0.2, 0.25) is 0 Å². The van der Waals surface area contributed by atoms with Crippen LogP contribution in [-0.2, 0) is 11.3 Å². The minimum atomic E-state index is 0.0314. The lowest BCUT2D eigenvalue weighted by Crippen LogP contribution is -2.51. The van der Waals surface area contributed by atoms with Crippen molar-refractivity contribution in [3.05, 3.63) is 24.2 Å². The number of carbonyl (C=O) groups is 1. The number of nitrogens with zero attached hydrogens (tertiary/aromatic N) is 1. The highest BCUT2D eigenvalue weighted by atomic mass is 16.3. The summed E-state index contributed by atoms with van der Waals surface area (Å²) < 4.78 is 5.18. The van der Waals surface area contributed by atoms with Crippen LogP contribution in [0.1, 0.15) is 25.5 Å². The maximum Gasteiger partial charge on any atom is 0.234 e. The van der Waals surface area contributed by atoms with Crippen molar-refractivity contribution in [1.82, 2.24) is 10.2 Å². The molecule has 0 bridgehead atoms. The molecule has 1 amide bonds. The molecule has 0 aliphatic carbocycles. The molecule has 5 nitrogen and oxygen atoms in total. The summed E-state index contributed by atoms with van der Waals surface area (Å²) >= 11 is 0. The summed E-state index contributed by atoms with van der Waals surface area (Å²) in [6.45, 7) is 4.66. The molecule has 1 aromatic heterocycles. The molecular formula is C14H23N3O2. The van der Waals surface area contributed by atoms with Gasteiger partial charge in [-0.1, -0.05) is 6.92 Å². The second-order valence-corrected chi connectivity index (χ2v) is 5.25. The Labute approximate surface area is 114 Å². The second-order valence-electron chi connectivity index (χ2n) is 5.25. The lowest BCUT2D eigenvalue weighted by molar-refractivity contribution is -0.123. The Bertz CT molecular complexity index is 391. The van der Waals surface area contributed by atoms with Crippen molar-refractivity contribution in [3.63, 3.8) is 0 Å². The monoisotopic (exact) mass is 265 g/mol. The van der Waals surface area contributed by atoms with E-state index in [0.29, 0.717) is 31.6 Å². The Morgan fingerprint density at radius 1 is 1.63 bits per heavy atom. The first-order valence-electron chi connectivity index (χ1n) is 6.94. The smallest absolute Gasteiger partial charge is 0.234 e. The standard InChI is InChI=1S/C14H23N3O2/c1-11-4-2-6-17(13(11)8-15)10-14(18)16-9-12-5-3-7-19-12/h3,5,7,11,13H,2,4,6,8-10,15H2,1H3,(H,16,18). The summed E-state index contributed by atoms with van der Waals surface area (Å²) in [4.78, 5) is 14.1. The highest BCUT2D eigenvalue weighted by molar-refractivity contribution is 5.78. The Morgan fingerprint density at radius 2 is 2.47 bits per heavy atom. The normalized spacial score (nSPS) is 24.3. The fourth-order valence-electron chi connectivity index (χ4n) is 2.75. The molecule has 1 saturated heterocycles. The Hall–Kier alpha value is -1.33. The Kier molecular flexibility index (Phi) is 4.99. The summed E-state index contributed by atoms with van der Waals surface area (Å²) in [7, 11) is 0. The van der Waals surface area contributed by atoms with E-state index in [0.717, 1.165) is 18.7 Å². The van der Waals surface area contributed by atoms with Gasteiger partial charge in [-0.2, -0.15) is 0 Å². The summed E-state index contributed by atoms with van der Waals surface area (Å²) in [6.07, 6.45) is 3.95. The quantitative estimate of drug-likeness (QED) is 0.831. The molecule has 2 atom stereocenters. The van der Waals surface area contributed by atoms with Gasteiger partial charge in [-0.15, -0.1) is 0 Å². The van der Waals surface area contributed by atoms with Crippen LogP contribution < -0.4 is 11.1 Å². The van der Waals surface area contributed by atoms with Gasteiger partial charge in [-0.05, 0) is 37.4 Å². The predicted molar refractivity (Wildman–Crippen MR) is 73.4 cm³/mol. The number of hydrogen-bond acceptors (Lipinski definition) is 4. The molecule has 5 heteroatoms. The number of nitrogens with one attached hydrogen (secondary N) is 1. The first kappa shape index (κ1) is 14.1. The zero-order valence-electron chi connectivity index (χ0n) is 11.5. The van der Waals surface area contributed by atoms with Gasteiger partial charge in [0.15, 0.2) is 0 Å². The van der Waals surface area contributed by atoms with E-state index in [-0.39, 0.29) is 5.91 Å². The SMILES string of the molecule is CC1CCCN(CC(=O)NCc2ccco2)C1CN. The lowest BCUT2D eigenvalue weighted by atomic mass is 9.91. The van der Waals surface area contributed by atoms with Crippen molar-refractivity contribution < 1.29 is 9.21 Å². The molecule has 106 valence electrons. The molecule has 1 aliphatic heterocycles.